The SMILES string of the molecule is CC.CN/C=C(\C(C)=C/Cc1ccccc1C)c1ccccc1.Cc1cccc2c1C1=CC=CC[N+]1(C(C)C)C2(C)C. The maximum absolute atomic E-state index is 3.15. The molecule has 5 rings (SSSR count). The Morgan fingerprint density at radius 2 is 1.55 bits per heavy atom. The van der Waals surface area contributed by atoms with Gasteiger partial charge in [0.25, 0.3) is 0 Å². The number of allylic oxidation sites excluding steroid dienone is 5. The lowest BCUT2D eigenvalue weighted by Gasteiger charge is -2.49. The highest BCUT2D eigenvalue weighted by molar-refractivity contribution is 5.78. The van der Waals surface area contributed by atoms with Crippen molar-refractivity contribution < 1.29 is 4.48 Å². The van der Waals surface area contributed by atoms with E-state index in [2.05, 4.69) is 151 Å². The van der Waals surface area contributed by atoms with Crippen LogP contribution < -0.4 is 5.32 Å². The Balaban J connectivity index is 0.000000218. The van der Waals surface area contributed by atoms with E-state index in [1.165, 1.54) is 50.2 Å². The van der Waals surface area contributed by atoms with Crippen molar-refractivity contribution in [2.75, 3.05) is 13.6 Å². The Hall–Kier alpha value is -3.62. The van der Waals surface area contributed by atoms with Gasteiger partial charge in [0, 0.05) is 24.4 Å². The summed E-state index contributed by atoms with van der Waals surface area (Å²) >= 11 is 0. The summed E-state index contributed by atoms with van der Waals surface area (Å²) < 4.78 is 1.06. The second-order valence-electron chi connectivity index (χ2n) is 11.9. The zero-order valence-electron chi connectivity index (χ0n) is 27.8. The highest BCUT2D eigenvalue weighted by Gasteiger charge is 2.57. The van der Waals surface area contributed by atoms with Crippen molar-refractivity contribution in [1.82, 2.24) is 5.32 Å². The van der Waals surface area contributed by atoms with Gasteiger partial charge in [0.15, 0.2) is 0 Å². The molecule has 0 fully saturated rings. The summed E-state index contributed by atoms with van der Waals surface area (Å²) in [6.45, 7) is 21.2. The van der Waals surface area contributed by atoms with E-state index in [0.29, 0.717) is 6.04 Å². The van der Waals surface area contributed by atoms with Crippen LogP contribution in [0.5, 0.6) is 0 Å². The Bertz CT molecular complexity index is 1450. The summed E-state index contributed by atoms with van der Waals surface area (Å²) in [7, 11) is 1.94. The second-order valence-corrected chi connectivity index (χ2v) is 11.9. The van der Waals surface area contributed by atoms with E-state index in [-0.39, 0.29) is 5.54 Å². The molecule has 0 spiro atoms. The van der Waals surface area contributed by atoms with E-state index in [4.69, 9.17) is 0 Å². The van der Waals surface area contributed by atoms with Gasteiger partial charge in [-0.2, -0.15) is 0 Å². The largest absolute Gasteiger partial charge is 0.393 e. The fourth-order valence-electron chi connectivity index (χ4n) is 6.70. The van der Waals surface area contributed by atoms with Crippen LogP contribution in [0.4, 0.5) is 0 Å². The third-order valence-electron chi connectivity index (χ3n) is 8.97. The van der Waals surface area contributed by atoms with E-state index in [1.54, 1.807) is 0 Å². The van der Waals surface area contributed by atoms with Gasteiger partial charge in [-0.1, -0.05) is 98.8 Å². The molecule has 0 saturated carbocycles. The number of hydrogen-bond donors (Lipinski definition) is 1. The van der Waals surface area contributed by atoms with Crippen LogP contribution in [0.1, 0.15) is 81.8 Å². The van der Waals surface area contributed by atoms with E-state index in [1.807, 2.05) is 27.0 Å². The number of benzene rings is 3. The Labute approximate surface area is 256 Å². The topological polar surface area (TPSA) is 12.0 Å². The molecule has 2 heteroatoms. The normalized spacial score (nSPS) is 18.6. The lowest BCUT2D eigenvalue weighted by atomic mass is 9.90. The van der Waals surface area contributed by atoms with E-state index < -0.39 is 0 Å². The van der Waals surface area contributed by atoms with Gasteiger partial charge in [-0.25, -0.2) is 0 Å². The summed E-state index contributed by atoms with van der Waals surface area (Å²) in [6.07, 6.45) is 12.2. The van der Waals surface area contributed by atoms with E-state index >= 15 is 0 Å². The lowest BCUT2D eigenvalue weighted by molar-refractivity contribution is -0.926. The van der Waals surface area contributed by atoms with Gasteiger partial charge >= 0.3 is 0 Å². The average molecular weight is 562 g/mol. The molecular formula is C40H53N2+. The molecule has 1 N–H and O–H groups in total. The quantitative estimate of drug-likeness (QED) is 0.233. The Morgan fingerprint density at radius 3 is 2.19 bits per heavy atom. The number of fused-ring (bicyclic) bond motifs is 3. The van der Waals surface area contributed by atoms with Gasteiger partial charge in [-0.05, 0) is 100 Å². The number of nitrogens with one attached hydrogen (secondary N) is 1. The summed E-state index contributed by atoms with van der Waals surface area (Å²) in [5, 5.41) is 3.15. The number of quaternary nitrogens is 1. The van der Waals surface area contributed by atoms with Crippen molar-refractivity contribution >= 4 is 11.3 Å². The monoisotopic (exact) mass is 561 g/mol. The standard InChI is InChI=1S/C20H23N.C18H24N.C2H6/c1-16-9-7-8-10-18(16)14-13-17(2)20(15-21-3)19-11-5-4-6-12-19;1-13(2)19-12-7-6-11-16(19)17-14(3)9-8-10-15(17)18(19,4)5;1-2/h4-13,15,21H,14H2,1-3H3;6-11,13H,12H2,1-5H3;1-2H3/q;+1;/b17-13-,20-15+;;. The first kappa shape index (κ1) is 32.9. The molecule has 3 aromatic carbocycles. The van der Waals surface area contributed by atoms with Crippen LogP contribution in [0.3, 0.4) is 0 Å². The molecule has 0 amide bonds. The van der Waals surface area contributed by atoms with Gasteiger partial charge < -0.3 is 5.32 Å². The second kappa shape index (κ2) is 14.5. The summed E-state index contributed by atoms with van der Waals surface area (Å²) in [4.78, 5) is 0. The third kappa shape index (κ3) is 6.40. The average Bonchev–Trinajstić information content (AvgIpc) is 3.22. The molecular weight excluding hydrogens is 508 g/mol. The van der Waals surface area contributed by atoms with Crippen LogP contribution in [0.25, 0.3) is 11.3 Å². The summed E-state index contributed by atoms with van der Waals surface area (Å²) in [5.74, 6) is 0. The van der Waals surface area contributed by atoms with Crippen molar-refractivity contribution in [2.24, 2.45) is 0 Å². The molecule has 0 bridgehead atoms. The molecule has 1 unspecified atom stereocenters. The van der Waals surface area contributed by atoms with Crippen LogP contribution in [0.2, 0.25) is 0 Å². The number of rotatable bonds is 6. The number of nitrogens with zero attached hydrogens (tertiary/aromatic N) is 1. The highest BCUT2D eigenvalue weighted by Crippen LogP contribution is 2.55. The first-order chi connectivity index (χ1) is 20.1. The molecule has 0 radical (unpaired) electrons. The summed E-state index contributed by atoms with van der Waals surface area (Å²) in [5.41, 5.74) is 12.6. The Kier molecular flexibility index (Phi) is 11.4. The van der Waals surface area contributed by atoms with Crippen molar-refractivity contribution in [3.63, 3.8) is 0 Å². The third-order valence-corrected chi connectivity index (χ3v) is 8.97. The van der Waals surface area contributed by atoms with Crippen molar-refractivity contribution in [3.8, 4) is 0 Å². The van der Waals surface area contributed by atoms with Crippen molar-refractivity contribution in [3.05, 3.63) is 142 Å². The molecule has 42 heavy (non-hydrogen) atoms. The maximum Gasteiger partial charge on any atom is 0.142 e. The van der Waals surface area contributed by atoms with Gasteiger partial charge in [0.1, 0.15) is 17.8 Å². The number of hydrogen-bond acceptors (Lipinski definition) is 1. The van der Waals surface area contributed by atoms with Gasteiger partial charge in [0.2, 0.25) is 0 Å². The molecule has 2 heterocycles. The molecule has 1 atom stereocenters. The van der Waals surface area contributed by atoms with Gasteiger partial charge in [-0.3, -0.25) is 4.48 Å². The molecule has 2 aliphatic heterocycles. The smallest absolute Gasteiger partial charge is 0.142 e. The van der Waals surface area contributed by atoms with Crippen molar-refractivity contribution in [1.29, 1.82) is 0 Å². The molecule has 2 nitrogen and oxygen atoms in total. The molecule has 0 aliphatic carbocycles. The lowest BCUT2D eigenvalue weighted by Crippen LogP contribution is -2.59. The van der Waals surface area contributed by atoms with Crippen LogP contribution >= 0.6 is 0 Å². The zero-order chi connectivity index (χ0) is 30.9. The number of aryl methyl sites for hydroxylation is 2. The highest BCUT2D eigenvalue weighted by atomic mass is 15.4. The minimum Gasteiger partial charge on any atom is -0.393 e. The first-order valence-electron chi connectivity index (χ1n) is 15.6. The molecule has 3 aromatic rings. The van der Waals surface area contributed by atoms with Crippen LogP contribution in [-0.4, -0.2) is 24.1 Å². The van der Waals surface area contributed by atoms with Gasteiger partial charge in [0.05, 0.1) is 6.04 Å². The fourth-order valence-corrected chi connectivity index (χ4v) is 6.70. The predicted octanol–water partition coefficient (Wildman–Crippen LogP) is 10.2. The molecule has 222 valence electrons. The molecule has 0 saturated heterocycles. The van der Waals surface area contributed by atoms with E-state index in [0.717, 1.165) is 17.4 Å². The fraction of sp³-hybridized carbons (Fsp3) is 0.350. The van der Waals surface area contributed by atoms with Crippen molar-refractivity contribution in [2.45, 2.75) is 80.3 Å². The Morgan fingerprint density at radius 1 is 0.905 bits per heavy atom. The minimum atomic E-state index is 0.145. The maximum atomic E-state index is 3.15. The van der Waals surface area contributed by atoms with Crippen LogP contribution in [-0.2, 0) is 12.0 Å². The van der Waals surface area contributed by atoms with Gasteiger partial charge in [-0.15, -0.1) is 0 Å². The van der Waals surface area contributed by atoms with Crippen LogP contribution in [0, 0.1) is 13.8 Å². The predicted molar refractivity (Wildman–Crippen MR) is 185 cm³/mol. The molecule has 2 aliphatic rings. The first-order valence-corrected chi connectivity index (χ1v) is 15.6. The van der Waals surface area contributed by atoms with E-state index in [9.17, 15) is 0 Å². The molecule has 0 aromatic heterocycles. The summed E-state index contributed by atoms with van der Waals surface area (Å²) in [6, 6.07) is 26.4. The minimum absolute atomic E-state index is 0.145. The zero-order valence-corrected chi connectivity index (χ0v) is 27.8. The van der Waals surface area contributed by atoms with Crippen LogP contribution in [0.15, 0.2) is 109 Å².